The molecule has 0 bridgehead atoms. The zero-order valence-electron chi connectivity index (χ0n) is 6.26. The molecule has 60 valence electrons. The van der Waals surface area contributed by atoms with Crippen molar-refractivity contribution in [2.45, 2.75) is 6.92 Å². The fraction of sp³-hybridized carbons (Fsp3) is 0.333. The molecule has 5 heteroatoms. The molecule has 0 amide bonds. The van der Waals surface area contributed by atoms with Crippen LogP contribution in [0.5, 0.6) is 0 Å². The Balaban J connectivity index is 3.16. The second-order valence-corrected chi connectivity index (χ2v) is 2.18. The van der Waals surface area contributed by atoms with E-state index in [0.29, 0.717) is 0 Å². The number of nitrogens with one attached hydrogen (secondary N) is 1. The van der Waals surface area contributed by atoms with E-state index < -0.39 is 0 Å². The van der Waals surface area contributed by atoms with Crippen molar-refractivity contribution < 1.29 is 4.39 Å². The number of allylic oxidation sites excluding steroid dienone is 1. The first-order chi connectivity index (χ1) is 5.11. The molecule has 1 N–H and O–H groups in total. The Labute approximate surface area is 62.4 Å². The smallest absolute Gasteiger partial charge is 0.279 e. The highest BCUT2D eigenvalue weighted by Crippen LogP contribution is 1.99. The van der Waals surface area contributed by atoms with Crippen molar-refractivity contribution in [1.29, 1.82) is 0 Å². The van der Waals surface area contributed by atoms with Gasteiger partial charge in [0.1, 0.15) is 5.83 Å². The minimum atomic E-state index is -0.382. The fourth-order valence-electron chi connectivity index (χ4n) is 0.666. The molecule has 0 saturated heterocycles. The van der Waals surface area contributed by atoms with Gasteiger partial charge in [-0.25, -0.2) is 14.3 Å². The highest BCUT2D eigenvalue weighted by molar-refractivity contribution is 5.41. The highest BCUT2D eigenvalue weighted by atomic mass is 19.1. The first kappa shape index (κ1) is 7.71. The van der Waals surface area contributed by atoms with E-state index in [-0.39, 0.29) is 17.3 Å². The molecule has 1 rings (SSSR count). The van der Waals surface area contributed by atoms with Gasteiger partial charge < -0.3 is 0 Å². The zero-order chi connectivity index (χ0) is 8.43. The monoisotopic (exact) mass is 157 g/mol. The van der Waals surface area contributed by atoms with E-state index in [1.807, 2.05) is 0 Å². The quantitative estimate of drug-likeness (QED) is 0.643. The Hall–Kier alpha value is -1.39. The molecule has 11 heavy (non-hydrogen) atoms. The number of aromatic amines is 1. The number of hydrogen-bond donors (Lipinski definition) is 1. The van der Waals surface area contributed by atoms with Gasteiger partial charge in [0.25, 0.3) is 0 Å². The van der Waals surface area contributed by atoms with Gasteiger partial charge in [-0.3, -0.25) is 4.57 Å². The SMILES string of the molecule is C/C(F)=C/c1n[nH]c(=O)n1C. The molecule has 0 aliphatic heterocycles. The van der Waals surface area contributed by atoms with Crippen molar-refractivity contribution in [2.24, 2.45) is 7.05 Å². The van der Waals surface area contributed by atoms with Gasteiger partial charge in [0.2, 0.25) is 0 Å². The predicted molar refractivity (Wildman–Crippen MR) is 38.6 cm³/mol. The van der Waals surface area contributed by atoms with Gasteiger partial charge in [-0.05, 0) is 6.92 Å². The van der Waals surface area contributed by atoms with Crippen LogP contribution in [0.2, 0.25) is 0 Å². The summed E-state index contributed by atoms with van der Waals surface area (Å²) in [6.07, 6.45) is 1.18. The summed E-state index contributed by atoms with van der Waals surface area (Å²) in [7, 11) is 1.51. The predicted octanol–water partition coefficient (Wildman–Crippen LogP) is 0.439. The van der Waals surface area contributed by atoms with Gasteiger partial charge in [-0.2, -0.15) is 5.10 Å². The molecule has 0 unspecified atom stereocenters. The molecule has 1 heterocycles. The Morgan fingerprint density at radius 2 is 2.45 bits per heavy atom. The average molecular weight is 157 g/mol. The van der Waals surface area contributed by atoms with E-state index in [9.17, 15) is 9.18 Å². The van der Waals surface area contributed by atoms with E-state index in [1.165, 1.54) is 24.6 Å². The maximum atomic E-state index is 12.3. The molecule has 0 aromatic carbocycles. The molecule has 0 aliphatic rings. The molecule has 0 fully saturated rings. The molecular formula is C6H8FN3O. The minimum absolute atomic E-state index is 0.287. The Morgan fingerprint density at radius 1 is 1.82 bits per heavy atom. The highest BCUT2D eigenvalue weighted by Gasteiger charge is 1.99. The minimum Gasteiger partial charge on any atom is -0.279 e. The third-order valence-electron chi connectivity index (χ3n) is 1.24. The lowest BCUT2D eigenvalue weighted by atomic mass is 10.5. The first-order valence-electron chi connectivity index (χ1n) is 3.06. The van der Waals surface area contributed by atoms with Gasteiger partial charge >= 0.3 is 5.69 Å². The summed E-state index contributed by atoms with van der Waals surface area (Å²) in [6.45, 7) is 1.29. The van der Waals surface area contributed by atoms with E-state index in [1.54, 1.807) is 0 Å². The second kappa shape index (κ2) is 2.69. The standard InChI is InChI=1S/C6H8FN3O/c1-4(7)3-5-8-9-6(11)10(5)2/h3H,1-2H3,(H,9,11)/b4-3-. The second-order valence-electron chi connectivity index (χ2n) is 2.18. The van der Waals surface area contributed by atoms with Gasteiger partial charge in [-0.15, -0.1) is 0 Å². The summed E-state index contributed by atoms with van der Waals surface area (Å²) in [6, 6.07) is 0. The number of hydrogen-bond acceptors (Lipinski definition) is 2. The molecule has 0 radical (unpaired) electrons. The Morgan fingerprint density at radius 3 is 2.82 bits per heavy atom. The lowest BCUT2D eigenvalue weighted by Crippen LogP contribution is -2.13. The molecule has 0 atom stereocenters. The van der Waals surface area contributed by atoms with Crippen LogP contribution in [-0.4, -0.2) is 14.8 Å². The summed E-state index contributed by atoms with van der Waals surface area (Å²) in [5, 5.41) is 5.75. The summed E-state index contributed by atoms with van der Waals surface area (Å²) in [4.78, 5) is 10.7. The van der Waals surface area contributed by atoms with E-state index in [2.05, 4.69) is 10.2 Å². The van der Waals surface area contributed by atoms with Gasteiger partial charge in [0.05, 0.1) is 0 Å². The van der Waals surface area contributed by atoms with Crippen LogP contribution in [-0.2, 0) is 7.05 Å². The maximum absolute atomic E-state index is 12.3. The topological polar surface area (TPSA) is 50.7 Å². The lowest BCUT2D eigenvalue weighted by molar-refractivity contribution is 0.646. The van der Waals surface area contributed by atoms with Crippen LogP contribution in [0.4, 0.5) is 4.39 Å². The fourth-order valence-corrected chi connectivity index (χ4v) is 0.666. The number of H-pyrrole nitrogens is 1. The molecule has 4 nitrogen and oxygen atoms in total. The third-order valence-corrected chi connectivity index (χ3v) is 1.24. The van der Waals surface area contributed by atoms with Crippen molar-refractivity contribution in [3.8, 4) is 0 Å². The number of halogens is 1. The molecule has 1 aromatic heterocycles. The Kier molecular flexibility index (Phi) is 1.89. The van der Waals surface area contributed by atoms with Crippen molar-refractivity contribution >= 4 is 6.08 Å². The summed E-state index contributed by atoms with van der Waals surface area (Å²) >= 11 is 0. The van der Waals surface area contributed by atoms with Gasteiger partial charge in [0.15, 0.2) is 5.82 Å². The molecular weight excluding hydrogens is 149 g/mol. The van der Waals surface area contributed by atoms with Crippen LogP contribution < -0.4 is 5.69 Å². The van der Waals surface area contributed by atoms with Crippen LogP contribution in [0.1, 0.15) is 12.7 Å². The Bertz CT molecular complexity index is 332. The molecule has 1 aromatic rings. The van der Waals surface area contributed by atoms with E-state index in [0.717, 1.165) is 0 Å². The summed E-state index contributed by atoms with van der Waals surface area (Å²) in [5.74, 6) is -0.0953. The van der Waals surface area contributed by atoms with Gasteiger partial charge in [0, 0.05) is 13.1 Å². The van der Waals surface area contributed by atoms with Crippen molar-refractivity contribution in [3.05, 3.63) is 22.1 Å². The van der Waals surface area contributed by atoms with Crippen LogP contribution in [0.25, 0.3) is 6.08 Å². The average Bonchev–Trinajstić information content (AvgIpc) is 2.18. The van der Waals surface area contributed by atoms with Crippen LogP contribution in [0, 0.1) is 0 Å². The van der Waals surface area contributed by atoms with Gasteiger partial charge in [-0.1, -0.05) is 0 Å². The third kappa shape index (κ3) is 1.54. The zero-order valence-corrected chi connectivity index (χ0v) is 6.26. The maximum Gasteiger partial charge on any atom is 0.343 e. The van der Waals surface area contributed by atoms with Crippen molar-refractivity contribution in [3.63, 3.8) is 0 Å². The number of nitrogens with zero attached hydrogens (tertiary/aromatic N) is 2. The number of aromatic nitrogens is 3. The largest absolute Gasteiger partial charge is 0.343 e. The van der Waals surface area contributed by atoms with Crippen LogP contribution >= 0.6 is 0 Å². The van der Waals surface area contributed by atoms with Crippen LogP contribution in [0.3, 0.4) is 0 Å². The number of rotatable bonds is 1. The summed E-state index contributed by atoms with van der Waals surface area (Å²) < 4.78 is 13.5. The lowest BCUT2D eigenvalue weighted by Gasteiger charge is -1.89. The molecule has 0 saturated carbocycles. The molecule has 0 aliphatic carbocycles. The van der Waals surface area contributed by atoms with E-state index in [4.69, 9.17) is 0 Å². The first-order valence-corrected chi connectivity index (χ1v) is 3.06. The van der Waals surface area contributed by atoms with E-state index >= 15 is 0 Å². The molecule has 0 spiro atoms. The summed E-state index contributed by atoms with van der Waals surface area (Å²) in [5.41, 5.74) is -0.350. The van der Waals surface area contributed by atoms with Crippen molar-refractivity contribution in [2.75, 3.05) is 0 Å². The van der Waals surface area contributed by atoms with Crippen molar-refractivity contribution in [1.82, 2.24) is 14.8 Å². The van der Waals surface area contributed by atoms with Crippen LogP contribution in [0.15, 0.2) is 10.6 Å². The normalized spacial score (nSPS) is 12.1.